The first-order valence-electron chi connectivity index (χ1n) is 7.25. The van der Waals surface area contributed by atoms with E-state index in [2.05, 4.69) is 10.3 Å². The Morgan fingerprint density at radius 1 is 1.13 bits per heavy atom. The minimum atomic E-state index is -0.425. The van der Waals surface area contributed by atoms with Gasteiger partial charge >= 0.3 is 0 Å². The number of fused-ring (bicyclic) bond motifs is 3. The summed E-state index contributed by atoms with van der Waals surface area (Å²) in [5.41, 5.74) is 2.33. The predicted molar refractivity (Wildman–Crippen MR) is 89.7 cm³/mol. The summed E-state index contributed by atoms with van der Waals surface area (Å²) in [6.07, 6.45) is 0.135. The molecular formula is C17H13N3O2S. The van der Waals surface area contributed by atoms with Gasteiger partial charge < -0.3 is 5.32 Å². The third-order valence-electron chi connectivity index (χ3n) is 3.70. The van der Waals surface area contributed by atoms with Crippen molar-refractivity contribution in [2.45, 2.75) is 16.8 Å². The number of hydrogen-bond donors (Lipinski definition) is 1. The van der Waals surface area contributed by atoms with Gasteiger partial charge in [-0.15, -0.1) is 0 Å². The van der Waals surface area contributed by atoms with Crippen LogP contribution in [0.25, 0.3) is 11.0 Å². The number of carbonyl (C=O) groups excluding carboxylic acids is 2. The van der Waals surface area contributed by atoms with Crippen molar-refractivity contribution in [3.8, 4) is 0 Å². The number of hydrogen-bond acceptors (Lipinski definition) is 4. The van der Waals surface area contributed by atoms with E-state index in [-0.39, 0.29) is 18.2 Å². The molecule has 1 amide bonds. The molecule has 1 N–H and O–H groups in total. The van der Waals surface area contributed by atoms with Gasteiger partial charge in [0.15, 0.2) is 5.16 Å². The summed E-state index contributed by atoms with van der Waals surface area (Å²) in [7, 11) is 0. The number of benzene rings is 2. The lowest BCUT2D eigenvalue weighted by molar-refractivity contribution is -0.116. The molecule has 1 aromatic heterocycles. The van der Waals surface area contributed by atoms with Crippen molar-refractivity contribution in [2.24, 2.45) is 0 Å². The molecule has 5 nitrogen and oxygen atoms in total. The Hall–Kier alpha value is -2.60. The quantitative estimate of drug-likeness (QED) is 0.804. The van der Waals surface area contributed by atoms with Crippen LogP contribution >= 0.6 is 11.8 Å². The molecular weight excluding hydrogens is 310 g/mol. The van der Waals surface area contributed by atoms with E-state index in [4.69, 9.17) is 0 Å². The largest absolute Gasteiger partial charge is 0.326 e. The van der Waals surface area contributed by atoms with Crippen LogP contribution in [0.5, 0.6) is 0 Å². The third kappa shape index (κ3) is 2.51. The highest BCUT2D eigenvalue weighted by atomic mass is 32.2. The van der Waals surface area contributed by atoms with E-state index in [0.29, 0.717) is 5.16 Å². The molecule has 0 spiro atoms. The number of amides is 1. The average molecular weight is 323 g/mol. The van der Waals surface area contributed by atoms with Crippen LogP contribution in [0.3, 0.4) is 0 Å². The Kier molecular flexibility index (Phi) is 3.38. The number of para-hydroxylation sites is 3. The molecule has 1 atom stereocenters. The smallest absolute Gasteiger partial charge is 0.247 e. The lowest BCUT2D eigenvalue weighted by atomic mass is 10.2. The zero-order valence-electron chi connectivity index (χ0n) is 12.1. The fourth-order valence-electron chi connectivity index (χ4n) is 2.65. The number of thioether (sulfide) groups is 1. The van der Waals surface area contributed by atoms with Gasteiger partial charge in [0.1, 0.15) is 5.25 Å². The van der Waals surface area contributed by atoms with Gasteiger partial charge in [-0.25, -0.2) is 4.98 Å². The van der Waals surface area contributed by atoms with Crippen LogP contribution in [0.15, 0.2) is 59.8 Å². The molecule has 4 rings (SSSR count). The van der Waals surface area contributed by atoms with Crippen LogP contribution in [0.1, 0.15) is 11.2 Å². The molecule has 3 aromatic rings. The lowest BCUT2D eigenvalue weighted by Crippen LogP contribution is -2.24. The van der Waals surface area contributed by atoms with Crippen LogP contribution in [-0.4, -0.2) is 26.6 Å². The van der Waals surface area contributed by atoms with Gasteiger partial charge in [0.2, 0.25) is 11.8 Å². The van der Waals surface area contributed by atoms with Gasteiger partial charge in [-0.3, -0.25) is 14.2 Å². The highest BCUT2D eigenvalue weighted by Crippen LogP contribution is 2.36. The molecule has 0 bridgehead atoms. The van der Waals surface area contributed by atoms with Crippen molar-refractivity contribution in [3.05, 3.63) is 54.6 Å². The molecule has 1 unspecified atom stereocenters. The summed E-state index contributed by atoms with van der Waals surface area (Å²) < 4.78 is 1.61. The average Bonchev–Trinajstić information content (AvgIpc) is 3.05. The van der Waals surface area contributed by atoms with Crippen LogP contribution in [0.4, 0.5) is 5.69 Å². The molecule has 2 heterocycles. The SMILES string of the molecule is O=C(CC1Sc2nc3ccccc3n2C1=O)Nc1ccccc1. The number of rotatable bonds is 3. The number of anilines is 1. The molecule has 1 aliphatic heterocycles. The number of imidazole rings is 1. The molecule has 0 saturated heterocycles. The first kappa shape index (κ1) is 14.0. The van der Waals surface area contributed by atoms with Gasteiger partial charge in [0, 0.05) is 12.1 Å². The van der Waals surface area contributed by atoms with E-state index < -0.39 is 5.25 Å². The minimum absolute atomic E-state index is 0.0816. The molecule has 1 aliphatic rings. The van der Waals surface area contributed by atoms with E-state index in [1.807, 2.05) is 54.6 Å². The van der Waals surface area contributed by atoms with Crippen molar-refractivity contribution >= 4 is 40.3 Å². The summed E-state index contributed by atoms with van der Waals surface area (Å²) in [5.74, 6) is -0.251. The Bertz CT molecular complexity index is 905. The Morgan fingerprint density at radius 3 is 2.70 bits per heavy atom. The van der Waals surface area contributed by atoms with E-state index in [1.54, 1.807) is 4.57 Å². The van der Waals surface area contributed by atoms with Crippen molar-refractivity contribution in [1.29, 1.82) is 0 Å². The summed E-state index contributed by atoms with van der Waals surface area (Å²) in [6.45, 7) is 0. The van der Waals surface area contributed by atoms with Crippen LogP contribution in [-0.2, 0) is 4.79 Å². The topological polar surface area (TPSA) is 64.0 Å². The molecule has 0 saturated carbocycles. The summed E-state index contributed by atoms with van der Waals surface area (Å²) >= 11 is 1.35. The first-order chi connectivity index (χ1) is 11.2. The normalized spacial score (nSPS) is 16.5. The fraction of sp³-hybridized carbons (Fsp3) is 0.118. The van der Waals surface area contributed by atoms with Crippen molar-refractivity contribution in [2.75, 3.05) is 5.32 Å². The van der Waals surface area contributed by atoms with Crippen molar-refractivity contribution in [3.63, 3.8) is 0 Å². The lowest BCUT2D eigenvalue weighted by Gasteiger charge is -2.08. The summed E-state index contributed by atoms with van der Waals surface area (Å²) in [6, 6.07) is 16.8. The molecule has 6 heteroatoms. The zero-order chi connectivity index (χ0) is 15.8. The van der Waals surface area contributed by atoms with Gasteiger partial charge in [-0.05, 0) is 24.3 Å². The Labute approximate surface area is 136 Å². The van der Waals surface area contributed by atoms with Crippen molar-refractivity contribution < 1.29 is 9.59 Å². The highest BCUT2D eigenvalue weighted by Gasteiger charge is 2.35. The Morgan fingerprint density at radius 2 is 1.87 bits per heavy atom. The third-order valence-corrected chi connectivity index (χ3v) is 4.84. The van der Waals surface area contributed by atoms with E-state index in [1.165, 1.54) is 11.8 Å². The zero-order valence-corrected chi connectivity index (χ0v) is 12.9. The highest BCUT2D eigenvalue weighted by molar-refractivity contribution is 8.01. The Balaban J connectivity index is 1.51. The summed E-state index contributed by atoms with van der Waals surface area (Å²) in [4.78, 5) is 29.2. The standard InChI is InChI=1S/C17H13N3O2S/c21-15(18-11-6-2-1-3-7-11)10-14-16(22)20-13-9-5-4-8-12(13)19-17(20)23-14/h1-9,14H,10H2,(H,18,21). The van der Waals surface area contributed by atoms with Gasteiger partial charge in [-0.1, -0.05) is 42.1 Å². The molecule has 0 radical (unpaired) electrons. The molecule has 2 aromatic carbocycles. The van der Waals surface area contributed by atoms with Crippen LogP contribution in [0, 0.1) is 0 Å². The van der Waals surface area contributed by atoms with Gasteiger partial charge in [-0.2, -0.15) is 0 Å². The maximum Gasteiger partial charge on any atom is 0.247 e. The maximum atomic E-state index is 12.6. The number of nitrogens with one attached hydrogen (secondary N) is 1. The van der Waals surface area contributed by atoms with Gasteiger partial charge in [0.25, 0.3) is 0 Å². The van der Waals surface area contributed by atoms with Crippen molar-refractivity contribution in [1.82, 2.24) is 9.55 Å². The molecule has 0 aliphatic carbocycles. The van der Waals surface area contributed by atoms with Crippen LogP contribution < -0.4 is 5.32 Å². The van der Waals surface area contributed by atoms with E-state index in [9.17, 15) is 9.59 Å². The fourth-order valence-corrected chi connectivity index (χ4v) is 3.79. The molecule has 0 fully saturated rings. The second-order valence-electron chi connectivity index (χ2n) is 5.28. The van der Waals surface area contributed by atoms with Crippen LogP contribution in [0.2, 0.25) is 0 Å². The number of carbonyl (C=O) groups is 2. The summed E-state index contributed by atoms with van der Waals surface area (Å²) in [5, 5.41) is 3.05. The monoisotopic (exact) mass is 323 g/mol. The molecule has 114 valence electrons. The number of nitrogens with zero attached hydrogens (tertiary/aromatic N) is 2. The first-order valence-corrected chi connectivity index (χ1v) is 8.13. The predicted octanol–water partition coefficient (Wildman–Crippen LogP) is 3.18. The second kappa shape index (κ2) is 5.55. The van der Waals surface area contributed by atoms with E-state index in [0.717, 1.165) is 16.7 Å². The van der Waals surface area contributed by atoms with E-state index >= 15 is 0 Å². The second-order valence-corrected chi connectivity index (χ2v) is 6.45. The minimum Gasteiger partial charge on any atom is -0.326 e. The maximum absolute atomic E-state index is 12.6. The van der Waals surface area contributed by atoms with Gasteiger partial charge in [0.05, 0.1) is 11.0 Å². The molecule has 23 heavy (non-hydrogen) atoms. The number of aromatic nitrogens is 2.